The summed E-state index contributed by atoms with van der Waals surface area (Å²) in [6.07, 6.45) is 4.13. The van der Waals surface area contributed by atoms with Crippen molar-refractivity contribution in [3.05, 3.63) is 70.1 Å². The van der Waals surface area contributed by atoms with Gasteiger partial charge < -0.3 is 5.32 Å². The Labute approximate surface area is 127 Å². The van der Waals surface area contributed by atoms with Gasteiger partial charge in [0, 0.05) is 24.0 Å². The molecule has 1 aromatic rings. The minimum absolute atomic E-state index is 0.981. The SMILES string of the molecule is CN=C1C=C(C)C(C)=C=C/C1=C(/C)Nc1cccc(C)c1. The molecule has 1 aliphatic rings. The molecule has 0 atom stereocenters. The molecule has 0 fully saturated rings. The van der Waals surface area contributed by atoms with Gasteiger partial charge in [0.2, 0.25) is 0 Å². The third kappa shape index (κ3) is 3.62. The number of anilines is 1. The third-order valence-electron chi connectivity index (χ3n) is 3.65. The van der Waals surface area contributed by atoms with Gasteiger partial charge in [0.1, 0.15) is 0 Å². The summed E-state index contributed by atoms with van der Waals surface area (Å²) in [5.74, 6) is 0. The van der Waals surface area contributed by atoms with Gasteiger partial charge in [-0.15, -0.1) is 5.73 Å². The normalized spacial score (nSPS) is 19.0. The van der Waals surface area contributed by atoms with E-state index in [4.69, 9.17) is 0 Å². The lowest BCUT2D eigenvalue weighted by Gasteiger charge is -2.12. The highest BCUT2D eigenvalue weighted by Gasteiger charge is 2.09. The quantitative estimate of drug-likeness (QED) is 0.771. The maximum Gasteiger partial charge on any atom is 0.0669 e. The van der Waals surface area contributed by atoms with E-state index in [-0.39, 0.29) is 0 Å². The molecule has 0 saturated heterocycles. The van der Waals surface area contributed by atoms with Crippen LogP contribution in [-0.2, 0) is 0 Å². The molecule has 2 heteroatoms. The average Bonchev–Trinajstić information content (AvgIpc) is 2.59. The molecule has 2 rings (SSSR count). The Kier molecular flexibility index (Phi) is 4.62. The second kappa shape index (κ2) is 6.43. The molecule has 1 N–H and O–H groups in total. The predicted octanol–water partition coefficient (Wildman–Crippen LogP) is 4.81. The van der Waals surface area contributed by atoms with Crippen LogP contribution in [0.5, 0.6) is 0 Å². The Morgan fingerprint density at radius 1 is 1.19 bits per heavy atom. The standard InChI is InChI=1S/C19H22N2/c1-13-7-6-8-17(11-13)21-16(4)18-10-9-14(2)15(3)12-19(18)20-5/h6-8,10-12,21H,1-5H3/b18-16+,20-19?. The van der Waals surface area contributed by atoms with Gasteiger partial charge in [0.15, 0.2) is 0 Å². The monoisotopic (exact) mass is 278 g/mol. The van der Waals surface area contributed by atoms with Gasteiger partial charge in [-0.05, 0) is 68.7 Å². The number of aliphatic imine (C=N–C) groups is 1. The molecular weight excluding hydrogens is 256 g/mol. The highest BCUT2D eigenvalue weighted by Crippen LogP contribution is 2.20. The lowest BCUT2D eigenvalue weighted by Crippen LogP contribution is -2.06. The lowest BCUT2D eigenvalue weighted by molar-refractivity contribution is 1.32. The molecule has 0 bridgehead atoms. The predicted molar refractivity (Wildman–Crippen MR) is 91.9 cm³/mol. The Balaban J connectivity index is 2.44. The van der Waals surface area contributed by atoms with Crippen LogP contribution in [-0.4, -0.2) is 12.8 Å². The maximum atomic E-state index is 4.41. The van der Waals surface area contributed by atoms with Gasteiger partial charge in [0.05, 0.1) is 5.71 Å². The van der Waals surface area contributed by atoms with Gasteiger partial charge in [-0.3, -0.25) is 4.99 Å². The van der Waals surface area contributed by atoms with Crippen molar-refractivity contribution in [3.63, 3.8) is 0 Å². The molecule has 108 valence electrons. The largest absolute Gasteiger partial charge is 0.359 e. The Morgan fingerprint density at radius 2 is 1.95 bits per heavy atom. The Morgan fingerprint density at radius 3 is 2.62 bits per heavy atom. The number of allylic oxidation sites excluding steroid dienone is 5. The second-order valence-electron chi connectivity index (χ2n) is 5.38. The molecule has 1 aliphatic carbocycles. The fourth-order valence-electron chi connectivity index (χ4n) is 2.25. The van der Waals surface area contributed by atoms with Crippen molar-refractivity contribution in [2.45, 2.75) is 27.7 Å². The van der Waals surface area contributed by atoms with Crippen LogP contribution in [0.3, 0.4) is 0 Å². The average molecular weight is 278 g/mol. The lowest BCUT2D eigenvalue weighted by atomic mass is 10.1. The topological polar surface area (TPSA) is 24.4 Å². The van der Waals surface area contributed by atoms with E-state index in [1.54, 1.807) is 0 Å². The van der Waals surface area contributed by atoms with Crippen LogP contribution in [0.2, 0.25) is 0 Å². The van der Waals surface area contributed by atoms with Crippen molar-refractivity contribution < 1.29 is 0 Å². The molecule has 1 aromatic carbocycles. The molecule has 0 heterocycles. The van der Waals surface area contributed by atoms with E-state index in [9.17, 15) is 0 Å². The molecule has 0 radical (unpaired) electrons. The van der Waals surface area contributed by atoms with Gasteiger partial charge in [-0.2, -0.15) is 0 Å². The minimum atomic E-state index is 0.981. The summed E-state index contributed by atoms with van der Waals surface area (Å²) in [6.45, 7) is 8.33. The zero-order valence-corrected chi connectivity index (χ0v) is 13.4. The molecule has 21 heavy (non-hydrogen) atoms. The fraction of sp³-hybridized carbons (Fsp3) is 0.263. The smallest absolute Gasteiger partial charge is 0.0669 e. The number of hydrogen-bond acceptors (Lipinski definition) is 2. The first-order valence-corrected chi connectivity index (χ1v) is 7.15. The second-order valence-corrected chi connectivity index (χ2v) is 5.38. The third-order valence-corrected chi connectivity index (χ3v) is 3.65. The van der Waals surface area contributed by atoms with E-state index in [1.807, 2.05) is 13.1 Å². The van der Waals surface area contributed by atoms with Crippen molar-refractivity contribution in [1.82, 2.24) is 0 Å². The van der Waals surface area contributed by atoms with Crippen molar-refractivity contribution in [2.24, 2.45) is 4.99 Å². The summed E-state index contributed by atoms with van der Waals surface area (Å²) in [4.78, 5) is 4.41. The number of benzene rings is 1. The van der Waals surface area contributed by atoms with Crippen molar-refractivity contribution >= 4 is 11.4 Å². The Hall–Kier alpha value is -2.31. The van der Waals surface area contributed by atoms with E-state index >= 15 is 0 Å². The van der Waals surface area contributed by atoms with Crippen LogP contribution in [0.15, 0.2) is 69.6 Å². The van der Waals surface area contributed by atoms with Crippen LogP contribution in [0.4, 0.5) is 5.69 Å². The molecule has 0 spiro atoms. The summed E-state index contributed by atoms with van der Waals surface area (Å²) < 4.78 is 0. The highest BCUT2D eigenvalue weighted by molar-refractivity contribution is 6.12. The van der Waals surface area contributed by atoms with Gasteiger partial charge >= 0.3 is 0 Å². The first-order chi connectivity index (χ1) is 10.0. The molecule has 0 amide bonds. The summed E-state index contributed by atoms with van der Waals surface area (Å²) in [6, 6.07) is 8.36. The van der Waals surface area contributed by atoms with E-state index < -0.39 is 0 Å². The summed E-state index contributed by atoms with van der Waals surface area (Å²) in [7, 11) is 1.83. The van der Waals surface area contributed by atoms with Gasteiger partial charge in [-0.25, -0.2) is 0 Å². The number of aryl methyl sites for hydroxylation is 1. The molecular formula is C19H22N2. The zero-order valence-electron chi connectivity index (χ0n) is 13.4. The molecule has 0 aliphatic heterocycles. The van der Waals surface area contributed by atoms with Crippen LogP contribution in [0.25, 0.3) is 0 Å². The van der Waals surface area contributed by atoms with E-state index in [0.717, 1.165) is 28.2 Å². The molecule has 0 unspecified atom stereocenters. The summed E-state index contributed by atoms with van der Waals surface area (Å²) >= 11 is 0. The van der Waals surface area contributed by atoms with Crippen molar-refractivity contribution in [1.29, 1.82) is 0 Å². The van der Waals surface area contributed by atoms with Crippen molar-refractivity contribution in [2.75, 3.05) is 12.4 Å². The summed E-state index contributed by atoms with van der Waals surface area (Å²) in [5.41, 5.74) is 11.1. The maximum absolute atomic E-state index is 4.41. The minimum Gasteiger partial charge on any atom is -0.359 e. The van der Waals surface area contributed by atoms with E-state index in [2.05, 4.69) is 74.1 Å². The Bertz CT molecular complexity index is 709. The van der Waals surface area contributed by atoms with E-state index in [1.165, 1.54) is 11.1 Å². The van der Waals surface area contributed by atoms with Crippen LogP contribution in [0, 0.1) is 6.92 Å². The molecule has 2 nitrogen and oxygen atoms in total. The van der Waals surface area contributed by atoms with Crippen LogP contribution < -0.4 is 5.32 Å². The fourth-order valence-corrected chi connectivity index (χ4v) is 2.25. The summed E-state index contributed by atoms with van der Waals surface area (Å²) in [5, 5.41) is 3.46. The molecule has 0 aromatic heterocycles. The zero-order chi connectivity index (χ0) is 15.4. The molecule has 0 saturated carbocycles. The van der Waals surface area contributed by atoms with Gasteiger partial charge in [0.25, 0.3) is 0 Å². The van der Waals surface area contributed by atoms with Crippen LogP contribution >= 0.6 is 0 Å². The first-order valence-electron chi connectivity index (χ1n) is 7.15. The first kappa shape index (κ1) is 15.1. The number of nitrogens with one attached hydrogen (secondary N) is 1. The number of rotatable bonds is 2. The van der Waals surface area contributed by atoms with Gasteiger partial charge in [-0.1, -0.05) is 12.1 Å². The number of hydrogen-bond donors (Lipinski definition) is 1. The highest BCUT2D eigenvalue weighted by atomic mass is 14.9. The van der Waals surface area contributed by atoms with Crippen molar-refractivity contribution in [3.8, 4) is 0 Å². The number of nitrogens with zero attached hydrogens (tertiary/aromatic N) is 1. The van der Waals surface area contributed by atoms with Crippen LogP contribution in [0.1, 0.15) is 26.3 Å². The van der Waals surface area contributed by atoms with E-state index in [0.29, 0.717) is 0 Å².